The van der Waals surface area contributed by atoms with Crippen molar-refractivity contribution in [3.8, 4) is 0 Å². The first-order chi connectivity index (χ1) is 1.73. The first-order valence-electron chi connectivity index (χ1n) is 0.827. The molecule has 0 rings (SSSR count). The summed E-state index contributed by atoms with van der Waals surface area (Å²) in [6.07, 6.45) is 0. The van der Waals surface area contributed by atoms with Crippen LogP contribution >= 0.6 is 0 Å². The molecule has 3 nitrogen and oxygen atoms in total. The highest BCUT2D eigenvalue weighted by Gasteiger charge is 1.52. The Kier molecular flexibility index (Phi) is 0.581. The Hall–Kier alpha value is -0.730. The molecule has 0 atom stereocenters. The van der Waals surface area contributed by atoms with E-state index in [9.17, 15) is 0 Å². The van der Waals surface area contributed by atoms with E-state index in [1.165, 1.54) is 0 Å². The molecule has 0 aliphatic heterocycles. The van der Waals surface area contributed by atoms with Crippen LogP contribution < -0.4 is 11.5 Å². The van der Waals surface area contributed by atoms with E-state index in [0.717, 1.165) is 0 Å². The minimum absolute atomic E-state index is 0.333. The van der Waals surface area contributed by atoms with Crippen LogP contribution in [0.15, 0.2) is 0 Å². The summed E-state index contributed by atoms with van der Waals surface area (Å²) in [4.78, 5) is 0. The lowest BCUT2D eigenvalue weighted by molar-refractivity contribution is 1.39. The third kappa shape index (κ3) is 0.174. The molecule has 0 spiro atoms. The molecule has 0 amide bonds. The van der Waals surface area contributed by atoms with Crippen LogP contribution in [0.4, 0.5) is 0 Å². The van der Waals surface area contributed by atoms with Crippen LogP contribution in [0, 0.1) is 5.41 Å². The molecule has 0 aromatic rings. The molecule has 0 unspecified atom stereocenters. The maximum atomic E-state index is 6.06. The molecule has 0 aliphatic carbocycles. The van der Waals surface area contributed by atoms with Crippen LogP contribution in [-0.4, -0.2) is 5.96 Å². The van der Waals surface area contributed by atoms with Crippen molar-refractivity contribution < 1.29 is 0 Å². The fourth-order valence-electron chi connectivity index (χ4n) is 0. The number of guanidine groups is 1. The second-order valence-corrected chi connectivity index (χ2v) is 0.455. The Morgan fingerprint density at radius 3 is 1.50 bits per heavy atom. The molecule has 0 bridgehead atoms. The fraction of sp³-hybridized carbons (Fsp3) is 0. The summed E-state index contributed by atoms with van der Waals surface area (Å²) >= 11 is 0. The predicted molar refractivity (Wildman–Crippen MR) is 16.1 cm³/mol. The Morgan fingerprint density at radius 2 is 1.50 bits per heavy atom. The first-order valence-corrected chi connectivity index (χ1v) is 0.827. The second-order valence-electron chi connectivity index (χ2n) is 0.455. The van der Waals surface area contributed by atoms with Gasteiger partial charge in [0.1, 0.15) is 0 Å². The average molecular weight is 62.1 g/mol. The average Bonchev–Trinajstić information content (AvgIpc) is 0.811. The van der Waals surface area contributed by atoms with E-state index < -0.39 is 0 Å². The molecule has 0 heterocycles. The monoisotopic (exact) mass is 62.0 g/mol. The summed E-state index contributed by atoms with van der Waals surface area (Å²) in [7, 11) is 0. The molecule has 3 heteroatoms. The Labute approximate surface area is 24.1 Å². The van der Waals surface area contributed by atoms with Crippen molar-refractivity contribution in [2.45, 2.75) is 0 Å². The van der Waals surface area contributed by atoms with Crippen molar-refractivity contribution >= 4 is 5.96 Å². The third-order valence-electron chi connectivity index (χ3n) is 0. The van der Waals surface area contributed by atoms with Crippen molar-refractivity contribution in [1.29, 1.82) is 5.41 Å². The molecule has 0 fully saturated rings. The van der Waals surface area contributed by atoms with Gasteiger partial charge < -0.3 is 11.5 Å². The minimum Gasteiger partial charge on any atom is -0.370 e. The lowest BCUT2D eigenvalue weighted by Crippen LogP contribution is -2.20. The zero-order chi connectivity index (χ0) is 3.58. The van der Waals surface area contributed by atoms with E-state index in [2.05, 4.69) is 11.5 Å². The lowest BCUT2D eigenvalue weighted by atomic mass is 11.3. The van der Waals surface area contributed by atoms with Crippen molar-refractivity contribution in [1.82, 2.24) is 0 Å². The van der Waals surface area contributed by atoms with Gasteiger partial charge in [-0.05, 0) is 0 Å². The number of hydrogen-bond donors (Lipinski definition) is 3. The number of nitrogens with one attached hydrogen (secondary N) is 1. The molecule has 4 heavy (non-hydrogen) atoms. The van der Waals surface area contributed by atoms with Gasteiger partial charge in [0, 0.05) is 0 Å². The Bertz CT molecular complexity index is 26.3. The summed E-state index contributed by atoms with van der Waals surface area (Å²) in [5.41, 5.74) is 8.94. The van der Waals surface area contributed by atoms with Crippen molar-refractivity contribution in [3.05, 3.63) is 0 Å². The Balaban J connectivity index is 2.80. The zero-order valence-electron chi connectivity index (χ0n) is 2.15. The van der Waals surface area contributed by atoms with Crippen LogP contribution in [-0.2, 0) is 0 Å². The van der Waals surface area contributed by atoms with Crippen LogP contribution in [0.1, 0.15) is 0 Å². The molecule has 24 valence electrons. The predicted octanol–water partition coefficient (Wildman–Crippen LogP) is -1.16. The van der Waals surface area contributed by atoms with Gasteiger partial charge in [0.05, 0.1) is 0 Å². The van der Waals surface area contributed by atoms with Crippen molar-refractivity contribution in [2.75, 3.05) is 0 Å². The van der Waals surface area contributed by atoms with E-state index in [1.54, 1.807) is 0 Å². The maximum absolute atomic E-state index is 6.06. The summed E-state index contributed by atoms with van der Waals surface area (Å²) in [6.45, 7) is 0. The van der Waals surface area contributed by atoms with Gasteiger partial charge in [-0.3, -0.25) is 5.41 Å². The highest BCUT2D eigenvalue weighted by molar-refractivity contribution is 5.71. The first kappa shape index (κ1) is 3.27. The van der Waals surface area contributed by atoms with E-state index in [4.69, 9.17) is 5.41 Å². The molecule has 0 aliphatic rings. The molecule has 5 N–H and O–H groups in total. The topological polar surface area (TPSA) is 75.9 Å². The number of nitrogens with two attached hydrogens (primary N) is 2. The van der Waals surface area contributed by atoms with Crippen LogP contribution in [0.5, 0.6) is 0 Å². The molecule has 0 saturated carbocycles. The maximum Gasteiger partial charge on any atom is 0.183 e. The van der Waals surface area contributed by atoms with Gasteiger partial charge in [-0.25, -0.2) is 0 Å². The standard InChI is InChI=1S/CH5N3/c2-1(3)4/h(H5,2,3,4)/i2+1,3+1,4+1. The van der Waals surface area contributed by atoms with Crippen LogP contribution in [0.25, 0.3) is 0 Å². The van der Waals surface area contributed by atoms with Crippen molar-refractivity contribution in [2.24, 2.45) is 11.5 Å². The summed E-state index contributed by atoms with van der Waals surface area (Å²) in [6, 6.07) is 0. The second kappa shape index (κ2) is 0.711. The smallest absolute Gasteiger partial charge is 0.183 e. The van der Waals surface area contributed by atoms with E-state index in [-0.39, 0.29) is 5.96 Å². The highest BCUT2D eigenvalue weighted by Crippen LogP contribution is 1.13. The Morgan fingerprint density at radius 1 is 1.50 bits per heavy atom. The number of rotatable bonds is 0. The van der Waals surface area contributed by atoms with Gasteiger partial charge in [0.15, 0.2) is 5.96 Å². The minimum atomic E-state index is -0.333. The van der Waals surface area contributed by atoms with Crippen LogP contribution in [0.3, 0.4) is 0 Å². The summed E-state index contributed by atoms with van der Waals surface area (Å²) in [5.74, 6) is -0.333. The quantitative estimate of drug-likeness (QED) is 0.188. The van der Waals surface area contributed by atoms with Gasteiger partial charge in [0.25, 0.3) is 0 Å². The van der Waals surface area contributed by atoms with Gasteiger partial charge in [-0.1, -0.05) is 0 Å². The van der Waals surface area contributed by atoms with E-state index in [1.807, 2.05) is 0 Å². The highest BCUT2D eigenvalue weighted by atomic mass is 15.7. The molecular weight excluding hydrogens is 57.0 g/mol. The van der Waals surface area contributed by atoms with Gasteiger partial charge >= 0.3 is 0 Å². The molecule has 0 aromatic carbocycles. The van der Waals surface area contributed by atoms with E-state index in [0.29, 0.717) is 0 Å². The summed E-state index contributed by atoms with van der Waals surface area (Å²) < 4.78 is 0. The normalized spacial score (nSPS) is 6.00. The number of hydrogen-bond acceptors (Lipinski definition) is 1. The van der Waals surface area contributed by atoms with E-state index >= 15 is 0 Å². The molecule has 0 saturated heterocycles. The van der Waals surface area contributed by atoms with Gasteiger partial charge in [-0.2, -0.15) is 0 Å². The van der Waals surface area contributed by atoms with Crippen LogP contribution in [0.2, 0.25) is 0 Å². The third-order valence-corrected chi connectivity index (χ3v) is 0. The van der Waals surface area contributed by atoms with Gasteiger partial charge in [0.2, 0.25) is 0 Å². The molecular formula is CH5N3. The zero-order valence-corrected chi connectivity index (χ0v) is 2.15. The largest absolute Gasteiger partial charge is 0.370 e. The fourth-order valence-corrected chi connectivity index (χ4v) is 0. The SMILES string of the molecule is [15NH]=C([15NH2])[15NH2]. The molecule has 0 radical (unpaired) electrons. The van der Waals surface area contributed by atoms with Gasteiger partial charge in [-0.15, -0.1) is 0 Å². The molecule has 0 aromatic heterocycles. The lowest BCUT2D eigenvalue weighted by Gasteiger charge is -1.69. The van der Waals surface area contributed by atoms with Crippen molar-refractivity contribution in [3.63, 3.8) is 0 Å². The summed E-state index contributed by atoms with van der Waals surface area (Å²) in [5, 5.41) is 6.06.